The van der Waals surface area contributed by atoms with Gasteiger partial charge in [0.25, 0.3) is 15.9 Å². The molecule has 0 aliphatic heterocycles. The number of hydrogen-bond acceptors (Lipinski definition) is 9. The summed E-state index contributed by atoms with van der Waals surface area (Å²) in [4.78, 5) is 24.9. The van der Waals surface area contributed by atoms with Crippen LogP contribution < -0.4 is 19.5 Å². The summed E-state index contributed by atoms with van der Waals surface area (Å²) in [6, 6.07) is 7.22. The van der Waals surface area contributed by atoms with Crippen LogP contribution in [0.4, 0.5) is 24.7 Å². The Morgan fingerprint density at radius 2 is 1.77 bits per heavy atom. The van der Waals surface area contributed by atoms with Crippen LogP contribution in [0.5, 0.6) is 11.9 Å². The van der Waals surface area contributed by atoms with Gasteiger partial charge in [-0.05, 0) is 43.2 Å². The van der Waals surface area contributed by atoms with Crippen LogP contribution in [-0.2, 0) is 16.2 Å². The van der Waals surface area contributed by atoms with Gasteiger partial charge in [0.05, 0.1) is 25.3 Å². The number of sulfonamides is 1. The Labute approximate surface area is 219 Å². The van der Waals surface area contributed by atoms with E-state index in [2.05, 4.69) is 30.1 Å². The molecule has 1 aliphatic rings. The van der Waals surface area contributed by atoms with E-state index < -0.39 is 27.8 Å². The van der Waals surface area contributed by atoms with Crippen molar-refractivity contribution in [2.45, 2.75) is 29.8 Å². The second-order valence-corrected chi connectivity index (χ2v) is 10.2. The highest BCUT2D eigenvalue weighted by Crippen LogP contribution is 2.41. The molecule has 1 aliphatic carbocycles. The van der Waals surface area contributed by atoms with Crippen LogP contribution in [0.1, 0.15) is 40.5 Å². The molecule has 3 aromatic heterocycles. The fourth-order valence-corrected chi connectivity index (χ4v) is 4.69. The van der Waals surface area contributed by atoms with Gasteiger partial charge >= 0.3 is 12.2 Å². The van der Waals surface area contributed by atoms with Crippen molar-refractivity contribution in [3.05, 3.63) is 59.5 Å². The van der Waals surface area contributed by atoms with E-state index in [1.165, 1.54) is 44.6 Å². The lowest BCUT2D eigenvalue weighted by Gasteiger charge is -2.11. The fourth-order valence-electron chi connectivity index (χ4n) is 3.70. The number of nitrogens with zero attached hydrogens (tertiary/aromatic N) is 5. The van der Waals surface area contributed by atoms with Gasteiger partial charge in [0.2, 0.25) is 5.88 Å². The molecule has 0 saturated heterocycles. The van der Waals surface area contributed by atoms with Crippen molar-refractivity contribution in [1.82, 2.24) is 24.6 Å². The Balaban J connectivity index is 1.37. The number of rotatable bonds is 8. The van der Waals surface area contributed by atoms with Gasteiger partial charge in [-0.15, -0.1) is 0 Å². The lowest BCUT2D eigenvalue weighted by molar-refractivity contribution is -0.142. The highest BCUT2D eigenvalue weighted by Gasteiger charge is 2.38. The molecule has 0 unspecified atom stereocenters. The fraction of sp³-hybridized carbons (Fsp3) is 0.261. The predicted octanol–water partition coefficient (Wildman–Crippen LogP) is 3.49. The third kappa shape index (κ3) is 5.41. The van der Waals surface area contributed by atoms with Gasteiger partial charge in [-0.3, -0.25) is 9.52 Å². The molecule has 4 aromatic rings. The lowest BCUT2D eigenvalue weighted by atomic mass is 10.2. The molecule has 1 aromatic carbocycles. The Bertz CT molecular complexity index is 1650. The Kier molecular flexibility index (Phi) is 6.49. The minimum Gasteiger partial charge on any atom is -0.481 e. The van der Waals surface area contributed by atoms with E-state index in [0.29, 0.717) is 4.52 Å². The number of fused-ring (bicyclic) bond motifs is 1. The number of ether oxygens (including phenoxy) is 2. The Hall–Kier alpha value is -4.47. The number of alkyl halides is 3. The average Bonchev–Trinajstić information content (AvgIpc) is 3.66. The molecule has 0 spiro atoms. The molecule has 16 heteroatoms. The predicted molar refractivity (Wildman–Crippen MR) is 130 cm³/mol. The number of benzene rings is 1. The first-order chi connectivity index (χ1) is 18.5. The van der Waals surface area contributed by atoms with Crippen LogP contribution in [-0.4, -0.2) is 53.1 Å². The van der Waals surface area contributed by atoms with Crippen molar-refractivity contribution in [2.75, 3.05) is 24.3 Å². The number of amides is 1. The third-order valence-electron chi connectivity index (χ3n) is 5.76. The minimum absolute atomic E-state index is 0.0754. The minimum atomic E-state index is -4.69. The number of hydrogen-bond donors (Lipinski definition) is 2. The molecule has 5 rings (SSSR count). The van der Waals surface area contributed by atoms with Gasteiger partial charge in [-0.2, -0.15) is 28.2 Å². The lowest BCUT2D eigenvalue weighted by Crippen LogP contribution is -2.16. The first-order valence-corrected chi connectivity index (χ1v) is 12.8. The molecule has 1 amide bonds. The number of anilines is 2. The van der Waals surface area contributed by atoms with Crippen LogP contribution in [0.2, 0.25) is 0 Å². The van der Waals surface area contributed by atoms with Crippen LogP contribution in [0.3, 0.4) is 0 Å². The first kappa shape index (κ1) is 26.1. The maximum atomic E-state index is 13.6. The van der Waals surface area contributed by atoms with Crippen molar-refractivity contribution in [3.8, 4) is 11.9 Å². The van der Waals surface area contributed by atoms with Gasteiger partial charge in [0, 0.05) is 23.4 Å². The maximum absolute atomic E-state index is 13.6. The van der Waals surface area contributed by atoms with Crippen LogP contribution >= 0.6 is 0 Å². The van der Waals surface area contributed by atoms with Crippen molar-refractivity contribution >= 4 is 33.1 Å². The topological polar surface area (TPSA) is 150 Å². The molecule has 0 radical (unpaired) electrons. The maximum Gasteiger partial charge on any atom is 0.433 e. The molecule has 0 atom stereocenters. The molecule has 1 fully saturated rings. The van der Waals surface area contributed by atoms with E-state index >= 15 is 0 Å². The summed E-state index contributed by atoms with van der Waals surface area (Å²) < 4.78 is 79.3. The standard InChI is InChI=1S/C23H20F3N7O5S/c1-37-19-10-18(30-22(31-19)38-2)32-39(35,36)14-7-5-13(6-8-14)28-21(34)15-11-27-33-17(23(24,25)26)9-16(12-3-4-12)29-20(15)33/h5-12H,3-4H2,1-2H3,(H,28,34)(H,30,31,32). The van der Waals surface area contributed by atoms with E-state index in [1.54, 1.807) is 0 Å². The molecular weight excluding hydrogens is 543 g/mol. The number of carbonyl (C=O) groups is 1. The Morgan fingerprint density at radius 3 is 2.38 bits per heavy atom. The normalized spacial score (nSPS) is 13.8. The quantitative estimate of drug-likeness (QED) is 0.328. The zero-order valence-electron chi connectivity index (χ0n) is 20.4. The second kappa shape index (κ2) is 9.68. The van der Waals surface area contributed by atoms with E-state index in [-0.39, 0.29) is 51.1 Å². The van der Waals surface area contributed by atoms with Crippen molar-refractivity contribution in [2.24, 2.45) is 0 Å². The number of halogens is 3. The van der Waals surface area contributed by atoms with Crippen LogP contribution in [0.25, 0.3) is 5.65 Å². The van der Waals surface area contributed by atoms with Gasteiger partial charge in [-0.1, -0.05) is 0 Å². The van der Waals surface area contributed by atoms with Gasteiger partial charge in [0.1, 0.15) is 11.3 Å². The molecule has 2 N–H and O–H groups in total. The number of methoxy groups -OCH3 is 2. The van der Waals surface area contributed by atoms with Crippen LogP contribution in [0.15, 0.2) is 47.5 Å². The summed E-state index contributed by atoms with van der Waals surface area (Å²) in [5, 5.41) is 6.27. The summed E-state index contributed by atoms with van der Waals surface area (Å²) in [5.74, 6) is -0.867. The van der Waals surface area contributed by atoms with E-state index in [9.17, 15) is 26.4 Å². The van der Waals surface area contributed by atoms with E-state index in [4.69, 9.17) is 9.47 Å². The molecular formula is C23H20F3N7O5S. The SMILES string of the molecule is COc1cc(NS(=O)(=O)c2ccc(NC(=O)c3cnn4c(C(F)(F)F)cc(C5CC5)nc34)cc2)nc(OC)n1. The van der Waals surface area contributed by atoms with Gasteiger partial charge in [0.15, 0.2) is 11.5 Å². The zero-order valence-corrected chi connectivity index (χ0v) is 21.2. The summed E-state index contributed by atoms with van der Waals surface area (Å²) in [5.41, 5.74) is -0.950. The zero-order chi connectivity index (χ0) is 27.9. The molecule has 39 heavy (non-hydrogen) atoms. The van der Waals surface area contributed by atoms with Crippen LogP contribution in [0, 0.1) is 0 Å². The first-order valence-electron chi connectivity index (χ1n) is 11.4. The number of nitrogens with one attached hydrogen (secondary N) is 2. The molecule has 1 saturated carbocycles. The molecule has 204 valence electrons. The Morgan fingerprint density at radius 1 is 1.05 bits per heavy atom. The van der Waals surface area contributed by atoms with Crippen molar-refractivity contribution in [3.63, 3.8) is 0 Å². The summed E-state index contributed by atoms with van der Waals surface area (Å²) >= 11 is 0. The number of aromatic nitrogens is 5. The second-order valence-electron chi connectivity index (χ2n) is 8.50. The largest absolute Gasteiger partial charge is 0.481 e. The highest BCUT2D eigenvalue weighted by molar-refractivity contribution is 7.92. The molecule has 3 heterocycles. The van der Waals surface area contributed by atoms with E-state index in [1.807, 2.05) is 0 Å². The van der Waals surface area contributed by atoms with Gasteiger partial charge in [-0.25, -0.2) is 17.9 Å². The smallest absolute Gasteiger partial charge is 0.433 e. The molecule has 0 bridgehead atoms. The summed E-state index contributed by atoms with van der Waals surface area (Å²) in [6.45, 7) is 0. The third-order valence-corrected chi connectivity index (χ3v) is 7.13. The summed E-state index contributed by atoms with van der Waals surface area (Å²) in [7, 11) is -1.45. The monoisotopic (exact) mass is 563 g/mol. The average molecular weight is 564 g/mol. The molecule has 12 nitrogen and oxygen atoms in total. The van der Waals surface area contributed by atoms with Gasteiger partial charge < -0.3 is 14.8 Å². The van der Waals surface area contributed by atoms with Crippen molar-refractivity contribution < 1.29 is 35.9 Å². The summed E-state index contributed by atoms with van der Waals surface area (Å²) in [6.07, 6.45) is -2.24. The van der Waals surface area contributed by atoms with Crippen molar-refractivity contribution in [1.29, 1.82) is 0 Å². The number of carbonyl (C=O) groups excluding carboxylic acids is 1. The highest BCUT2D eigenvalue weighted by atomic mass is 32.2. The van der Waals surface area contributed by atoms with E-state index in [0.717, 1.165) is 25.1 Å².